The van der Waals surface area contributed by atoms with Crippen molar-refractivity contribution in [1.82, 2.24) is 10.2 Å². The first-order valence-corrected chi connectivity index (χ1v) is 7.72. The molecule has 0 aromatic rings. The van der Waals surface area contributed by atoms with Gasteiger partial charge in [-0.05, 0) is 43.4 Å². The van der Waals surface area contributed by atoms with E-state index in [0.29, 0.717) is 0 Å². The molecule has 2 heteroatoms. The summed E-state index contributed by atoms with van der Waals surface area (Å²) in [5.74, 6) is 2.86. The SMILES string of the molecule is CC1CCC(C2CN3CC(C)CCC3N2)CC1. The van der Waals surface area contributed by atoms with E-state index in [2.05, 4.69) is 24.1 Å². The van der Waals surface area contributed by atoms with E-state index in [0.717, 1.165) is 30.0 Å². The molecular formula is C15H28N2. The Balaban J connectivity index is 1.56. The summed E-state index contributed by atoms with van der Waals surface area (Å²) in [6, 6.07) is 0.804. The standard InChI is InChI=1S/C15H28N2/c1-11-3-6-13(7-4-11)14-10-17-9-12(2)5-8-15(17)16-14/h11-16H,3-10H2,1-2H3. The molecule has 0 amide bonds. The molecule has 1 N–H and O–H groups in total. The van der Waals surface area contributed by atoms with Crippen molar-refractivity contribution in [3.05, 3.63) is 0 Å². The van der Waals surface area contributed by atoms with Crippen molar-refractivity contribution in [2.75, 3.05) is 13.1 Å². The molecule has 0 aromatic heterocycles. The van der Waals surface area contributed by atoms with E-state index in [9.17, 15) is 0 Å². The number of hydrogen-bond donors (Lipinski definition) is 1. The van der Waals surface area contributed by atoms with Crippen LogP contribution >= 0.6 is 0 Å². The number of nitrogens with one attached hydrogen (secondary N) is 1. The molecule has 2 aliphatic heterocycles. The third kappa shape index (κ3) is 2.53. The van der Waals surface area contributed by atoms with Crippen molar-refractivity contribution in [1.29, 1.82) is 0 Å². The fraction of sp³-hybridized carbons (Fsp3) is 1.00. The van der Waals surface area contributed by atoms with Gasteiger partial charge in [-0.15, -0.1) is 0 Å². The van der Waals surface area contributed by atoms with Crippen LogP contribution in [0.4, 0.5) is 0 Å². The van der Waals surface area contributed by atoms with Gasteiger partial charge in [-0.25, -0.2) is 0 Å². The van der Waals surface area contributed by atoms with Gasteiger partial charge in [0, 0.05) is 19.1 Å². The molecule has 0 bridgehead atoms. The zero-order chi connectivity index (χ0) is 11.8. The molecule has 2 saturated heterocycles. The summed E-state index contributed by atoms with van der Waals surface area (Å²) in [5, 5.41) is 3.92. The van der Waals surface area contributed by atoms with E-state index >= 15 is 0 Å². The van der Waals surface area contributed by atoms with Crippen LogP contribution in [0.5, 0.6) is 0 Å². The summed E-state index contributed by atoms with van der Waals surface area (Å²) in [7, 11) is 0. The predicted octanol–water partition coefficient (Wildman–Crippen LogP) is 2.84. The highest BCUT2D eigenvalue weighted by Crippen LogP contribution is 2.34. The molecule has 0 spiro atoms. The highest BCUT2D eigenvalue weighted by atomic mass is 15.3. The summed E-state index contributed by atoms with van der Waals surface area (Å²) in [5.41, 5.74) is 0. The average Bonchev–Trinajstić information content (AvgIpc) is 2.72. The Bertz CT molecular complexity index is 258. The minimum Gasteiger partial charge on any atom is -0.297 e. The van der Waals surface area contributed by atoms with Crippen LogP contribution in [0.25, 0.3) is 0 Å². The van der Waals surface area contributed by atoms with Crippen LogP contribution < -0.4 is 5.32 Å². The lowest BCUT2D eigenvalue weighted by molar-refractivity contribution is 0.145. The summed E-state index contributed by atoms with van der Waals surface area (Å²) in [4.78, 5) is 2.72. The van der Waals surface area contributed by atoms with Gasteiger partial charge >= 0.3 is 0 Å². The van der Waals surface area contributed by atoms with Crippen molar-refractivity contribution in [2.45, 2.75) is 64.6 Å². The molecule has 17 heavy (non-hydrogen) atoms. The fourth-order valence-corrected chi connectivity index (χ4v) is 4.16. The van der Waals surface area contributed by atoms with E-state index in [1.54, 1.807) is 0 Å². The third-order valence-corrected chi connectivity index (χ3v) is 5.39. The van der Waals surface area contributed by atoms with E-state index in [1.807, 2.05) is 0 Å². The Labute approximate surface area is 106 Å². The second-order valence-electron chi connectivity index (χ2n) is 6.95. The fourth-order valence-electron chi connectivity index (χ4n) is 4.16. The number of hydrogen-bond acceptors (Lipinski definition) is 2. The first kappa shape index (κ1) is 12.0. The maximum Gasteiger partial charge on any atom is 0.0600 e. The Morgan fingerprint density at radius 2 is 1.53 bits per heavy atom. The van der Waals surface area contributed by atoms with Gasteiger partial charge in [0.05, 0.1) is 6.17 Å². The number of piperidine rings is 1. The van der Waals surface area contributed by atoms with Gasteiger partial charge in [0.2, 0.25) is 0 Å². The van der Waals surface area contributed by atoms with Crippen LogP contribution in [0.2, 0.25) is 0 Å². The average molecular weight is 236 g/mol. The molecule has 2 nitrogen and oxygen atoms in total. The van der Waals surface area contributed by atoms with Crippen molar-refractivity contribution < 1.29 is 0 Å². The van der Waals surface area contributed by atoms with Crippen LogP contribution in [0.15, 0.2) is 0 Å². The zero-order valence-corrected chi connectivity index (χ0v) is 11.5. The molecule has 3 fully saturated rings. The zero-order valence-electron chi connectivity index (χ0n) is 11.5. The predicted molar refractivity (Wildman–Crippen MR) is 71.8 cm³/mol. The molecule has 3 atom stereocenters. The lowest BCUT2D eigenvalue weighted by Crippen LogP contribution is -2.43. The first-order chi connectivity index (χ1) is 8.22. The normalized spacial score (nSPS) is 48.0. The summed E-state index contributed by atoms with van der Waals surface area (Å²) >= 11 is 0. The van der Waals surface area contributed by atoms with Crippen molar-refractivity contribution >= 4 is 0 Å². The molecule has 0 aromatic carbocycles. The largest absolute Gasteiger partial charge is 0.297 e. The van der Waals surface area contributed by atoms with E-state index in [1.165, 1.54) is 51.6 Å². The Hall–Kier alpha value is -0.0800. The lowest BCUT2D eigenvalue weighted by Gasteiger charge is -2.32. The number of fused-ring (bicyclic) bond motifs is 1. The molecule has 3 aliphatic rings. The third-order valence-electron chi connectivity index (χ3n) is 5.39. The van der Waals surface area contributed by atoms with Gasteiger partial charge in [-0.1, -0.05) is 26.7 Å². The first-order valence-electron chi connectivity index (χ1n) is 7.72. The number of rotatable bonds is 1. The second-order valence-corrected chi connectivity index (χ2v) is 6.95. The maximum absolute atomic E-state index is 3.92. The van der Waals surface area contributed by atoms with Crippen LogP contribution in [0.3, 0.4) is 0 Å². The lowest BCUT2D eigenvalue weighted by atomic mass is 9.79. The van der Waals surface area contributed by atoms with Crippen LogP contribution in [0, 0.1) is 17.8 Å². The topological polar surface area (TPSA) is 15.3 Å². The van der Waals surface area contributed by atoms with Gasteiger partial charge in [0.15, 0.2) is 0 Å². The summed E-state index contributed by atoms with van der Waals surface area (Å²) < 4.78 is 0. The summed E-state index contributed by atoms with van der Waals surface area (Å²) in [6.45, 7) is 7.49. The van der Waals surface area contributed by atoms with Crippen molar-refractivity contribution in [2.24, 2.45) is 17.8 Å². The Morgan fingerprint density at radius 1 is 0.824 bits per heavy atom. The Kier molecular flexibility index (Phi) is 3.45. The monoisotopic (exact) mass is 236 g/mol. The van der Waals surface area contributed by atoms with E-state index in [-0.39, 0.29) is 0 Å². The molecule has 0 radical (unpaired) electrons. The van der Waals surface area contributed by atoms with E-state index < -0.39 is 0 Å². The minimum atomic E-state index is 0.718. The molecule has 2 heterocycles. The summed E-state index contributed by atoms with van der Waals surface area (Å²) in [6.07, 6.45) is 9.37. The minimum absolute atomic E-state index is 0.718. The van der Waals surface area contributed by atoms with Crippen molar-refractivity contribution in [3.8, 4) is 0 Å². The van der Waals surface area contributed by atoms with Crippen molar-refractivity contribution in [3.63, 3.8) is 0 Å². The van der Waals surface area contributed by atoms with Gasteiger partial charge < -0.3 is 0 Å². The maximum atomic E-state index is 3.92. The van der Waals surface area contributed by atoms with Crippen LogP contribution in [0.1, 0.15) is 52.4 Å². The Morgan fingerprint density at radius 3 is 2.29 bits per heavy atom. The van der Waals surface area contributed by atoms with Gasteiger partial charge in [0.1, 0.15) is 0 Å². The van der Waals surface area contributed by atoms with E-state index in [4.69, 9.17) is 0 Å². The highest BCUT2D eigenvalue weighted by molar-refractivity contribution is 4.94. The molecule has 3 unspecified atom stereocenters. The molecule has 3 rings (SSSR count). The van der Waals surface area contributed by atoms with Gasteiger partial charge in [0.25, 0.3) is 0 Å². The van der Waals surface area contributed by atoms with Gasteiger partial charge in [-0.2, -0.15) is 0 Å². The molecular weight excluding hydrogens is 208 g/mol. The second kappa shape index (κ2) is 4.89. The molecule has 1 saturated carbocycles. The van der Waals surface area contributed by atoms with Crippen LogP contribution in [-0.4, -0.2) is 30.2 Å². The smallest absolute Gasteiger partial charge is 0.0600 e. The molecule has 98 valence electrons. The molecule has 1 aliphatic carbocycles. The highest BCUT2D eigenvalue weighted by Gasteiger charge is 2.38. The quantitative estimate of drug-likeness (QED) is 0.753. The van der Waals surface area contributed by atoms with Gasteiger partial charge in [-0.3, -0.25) is 10.2 Å². The number of nitrogens with zero attached hydrogens (tertiary/aromatic N) is 1. The van der Waals surface area contributed by atoms with Crippen LogP contribution in [-0.2, 0) is 0 Å².